The lowest BCUT2D eigenvalue weighted by Gasteiger charge is -2.12. The molecule has 1 saturated heterocycles. The van der Waals surface area contributed by atoms with Crippen LogP contribution in [0.2, 0.25) is 0 Å². The Morgan fingerprint density at radius 2 is 2.04 bits per heavy atom. The minimum atomic E-state index is 0. The van der Waals surface area contributed by atoms with Crippen LogP contribution in [0.3, 0.4) is 0 Å². The van der Waals surface area contributed by atoms with Crippen molar-refractivity contribution in [2.45, 2.75) is 38.7 Å². The summed E-state index contributed by atoms with van der Waals surface area (Å²) in [5, 5.41) is 6.61. The zero-order valence-electron chi connectivity index (χ0n) is 16.3. The Hall–Kier alpha value is -1.06. The standard InChI is InChI=1S/C20H33N3O3.HI/c1-2-21-20(22-12-7-14-24-17-19-11-6-15-26-19)23-13-8-16-25-18-9-4-3-5-10-18;/h3-5,9-10,19H,2,6-8,11-17H2,1H3,(H2,21,22,23);1H. The van der Waals surface area contributed by atoms with Crippen LogP contribution >= 0.6 is 24.0 Å². The molecule has 154 valence electrons. The molecule has 1 atom stereocenters. The molecule has 0 bridgehead atoms. The van der Waals surface area contributed by atoms with Gasteiger partial charge in [0, 0.05) is 39.3 Å². The number of rotatable bonds is 12. The fraction of sp³-hybridized carbons (Fsp3) is 0.650. The van der Waals surface area contributed by atoms with E-state index < -0.39 is 0 Å². The quantitative estimate of drug-likeness (QED) is 0.204. The van der Waals surface area contributed by atoms with Crippen LogP contribution in [0.5, 0.6) is 5.75 Å². The fourth-order valence-electron chi connectivity index (χ4n) is 2.68. The summed E-state index contributed by atoms with van der Waals surface area (Å²) < 4.78 is 16.9. The molecule has 0 spiro atoms. The lowest BCUT2D eigenvalue weighted by molar-refractivity contribution is 0.0168. The van der Waals surface area contributed by atoms with Crippen LogP contribution in [-0.4, -0.2) is 58.1 Å². The smallest absolute Gasteiger partial charge is 0.191 e. The van der Waals surface area contributed by atoms with Gasteiger partial charge in [-0.25, -0.2) is 0 Å². The first-order valence-corrected chi connectivity index (χ1v) is 9.78. The van der Waals surface area contributed by atoms with Gasteiger partial charge in [-0.15, -0.1) is 24.0 Å². The van der Waals surface area contributed by atoms with Gasteiger partial charge in [0.1, 0.15) is 5.75 Å². The van der Waals surface area contributed by atoms with Crippen LogP contribution in [0.4, 0.5) is 0 Å². The average molecular weight is 491 g/mol. The number of halogens is 1. The maximum atomic E-state index is 5.68. The van der Waals surface area contributed by atoms with Crippen molar-refractivity contribution >= 4 is 29.9 Å². The fourth-order valence-corrected chi connectivity index (χ4v) is 2.68. The summed E-state index contributed by atoms with van der Waals surface area (Å²) in [5.41, 5.74) is 0. The Morgan fingerprint density at radius 3 is 2.78 bits per heavy atom. The van der Waals surface area contributed by atoms with E-state index >= 15 is 0 Å². The highest BCUT2D eigenvalue weighted by atomic mass is 127. The Morgan fingerprint density at radius 1 is 1.19 bits per heavy atom. The molecule has 27 heavy (non-hydrogen) atoms. The van der Waals surface area contributed by atoms with Gasteiger partial charge in [0.25, 0.3) is 0 Å². The summed E-state index contributed by atoms with van der Waals surface area (Å²) in [6.45, 7) is 7.52. The summed E-state index contributed by atoms with van der Waals surface area (Å²) in [6.07, 6.45) is 4.43. The van der Waals surface area contributed by atoms with Crippen LogP contribution in [0, 0.1) is 0 Å². The van der Waals surface area contributed by atoms with E-state index in [1.54, 1.807) is 0 Å². The maximum absolute atomic E-state index is 5.68. The zero-order chi connectivity index (χ0) is 18.3. The van der Waals surface area contributed by atoms with Crippen molar-refractivity contribution in [2.75, 3.05) is 46.1 Å². The Labute approximate surface area is 180 Å². The highest BCUT2D eigenvalue weighted by Crippen LogP contribution is 2.11. The molecular weight excluding hydrogens is 457 g/mol. The number of para-hydroxylation sites is 1. The van der Waals surface area contributed by atoms with Crippen LogP contribution in [0.1, 0.15) is 32.6 Å². The molecule has 0 amide bonds. The van der Waals surface area contributed by atoms with Gasteiger partial charge in [-0.05, 0) is 38.3 Å². The van der Waals surface area contributed by atoms with Gasteiger partial charge in [0.2, 0.25) is 0 Å². The van der Waals surface area contributed by atoms with Crippen molar-refractivity contribution < 1.29 is 14.2 Å². The van der Waals surface area contributed by atoms with Gasteiger partial charge in [-0.3, -0.25) is 4.99 Å². The summed E-state index contributed by atoms with van der Waals surface area (Å²) in [7, 11) is 0. The average Bonchev–Trinajstić information content (AvgIpc) is 3.18. The molecule has 0 saturated carbocycles. The van der Waals surface area contributed by atoms with E-state index in [0.717, 1.165) is 76.8 Å². The van der Waals surface area contributed by atoms with Crippen LogP contribution in [-0.2, 0) is 9.47 Å². The largest absolute Gasteiger partial charge is 0.494 e. The molecule has 2 rings (SSSR count). The first-order chi connectivity index (χ1) is 12.9. The second kappa shape index (κ2) is 15.9. The molecule has 1 aliphatic rings. The normalized spacial score (nSPS) is 16.6. The van der Waals surface area contributed by atoms with Crippen molar-refractivity contribution in [3.8, 4) is 5.75 Å². The molecule has 7 heteroatoms. The number of hydrogen-bond donors (Lipinski definition) is 2. The van der Waals surface area contributed by atoms with Crippen molar-refractivity contribution in [3.05, 3.63) is 30.3 Å². The predicted octanol–water partition coefficient (Wildman–Crippen LogP) is 3.21. The third kappa shape index (κ3) is 11.4. The van der Waals surface area contributed by atoms with Crippen molar-refractivity contribution in [3.63, 3.8) is 0 Å². The van der Waals surface area contributed by atoms with Gasteiger partial charge in [0.15, 0.2) is 5.96 Å². The van der Waals surface area contributed by atoms with E-state index in [0.29, 0.717) is 12.7 Å². The molecule has 1 aromatic carbocycles. The van der Waals surface area contributed by atoms with E-state index in [1.165, 1.54) is 0 Å². The second-order valence-corrected chi connectivity index (χ2v) is 6.27. The predicted molar refractivity (Wildman–Crippen MR) is 120 cm³/mol. The molecule has 1 aliphatic heterocycles. The third-order valence-electron chi connectivity index (χ3n) is 4.01. The molecule has 2 N–H and O–H groups in total. The number of hydrogen-bond acceptors (Lipinski definition) is 4. The number of guanidine groups is 1. The van der Waals surface area contributed by atoms with E-state index in [1.807, 2.05) is 30.3 Å². The van der Waals surface area contributed by atoms with E-state index in [9.17, 15) is 0 Å². The molecule has 0 aliphatic carbocycles. The third-order valence-corrected chi connectivity index (χ3v) is 4.01. The molecule has 1 unspecified atom stereocenters. The summed E-state index contributed by atoms with van der Waals surface area (Å²) >= 11 is 0. The Kier molecular flexibility index (Phi) is 14.2. The molecule has 6 nitrogen and oxygen atoms in total. The second-order valence-electron chi connectivity index (χ2n) is 6.27. The van der Waals surface area contributed by atoms with Crippen molar-refractivity contribution in [1.29, 1.82) is 0 Å². The topological polar surface area (TPSA) is 64.1 Å². The Balaban J connectivity index is 0.00000364. The van der Waals surface area contributed by atoms with Gasteiger partial charge in [-0.1, -0.05) is 18.2 Å². The number of nitrogens with one attached hydrogen (secondary N) is 2. The lowest BCUT2D eigenvalue weighted by Crippen LogP contribution is -2.38. The molecule has 0 aromatic heterocycles. The van der Waals surface area contributed by atoms with Crippen molar-refractivity contribution in [1.82, 2.24) is 10.6 Å². The summed E-state index contributed by atoms with van der Waals surface area (Å²) in [6, 6.07) is 9.88. The minimum absolute atomic E-state index is 0. The Bertz CT molecular complexity index is 497. The van der Waals surface area contributed by atoms with E-state index in [2.05, 4.69) is 22.5 Å². The monoisotopic (exact) mass is 491 g/mol. The van der Waals surface area contributed by atoms with Crippen LogP contribution in [0.15, 0.2) is 35.3 Å². The maximum Gasteiger partial charge on any atom is 0.191 e. The number of ether oxygens (including phenoxy) is 3. The van der Waals surface area contributed by atoms with Gasteiger partial charge in [-0.2, -0.15) is 0 Å². The molecule has 0 radical (unpaired) electrons. The van der Waals surface area contributed by atoms with Crippen molar-refractivity contribution in [2.24, 2.45) is 4.99 Å². The molecule has 1 fully saturated rings. The summed E-state index contributed by atoms with van der Waals surface area (Å²) in [5.74, 6) is 1.76. The SMILES string of the molecule is CCNC(=NCCCOc1ccccc1)NCCCOCC1CCCO1.I. The highest BCUT2D eigenvalue weighted by molar-refractivity contribution is 14.0. The van der Waals surface area contributed by atoms with Gasteiger partial charge >= 0.3 is 0 Å². The van der Waals surface area contributed by atoms with Gasteiger partial charge < -0.3 is 24.8 Å². The number of aliphatic imine (C=N–C) groups is 1. The van der Waals surface area contributed by atoms with E-state index in [4.69, 9.17) is 14.2 Å². The van der Waals surface area contributed by atoms with Crippen LogP contribution < -0.4 is 15.4 Å². The van der Waals surface area contributed by atoms with E-state index in [-0.39, 0.29) is 24.0 Å². The first-order valence-electron chi connectivity index (χ1n) is 9.78. The summed E-state index contributed by atoms with van der Waals surface area (Å²) in [4.78, 5) is 4.58. The highest BCUT2D eigenvalue weighted by Gasteiger charge is 2.14. The zero-order valence-corrected chi connectivity index (χ0v) is 18.7. The number of nitrogens with zero attached hydrogens (tertiary/aromatic N) is 1. The minimum Gasteiger partial charge on any atom is -0.494 e. The molecule has 1 aromatic rings. The molecular formula is C20H34IN3O3. The first kappa shape index (κ1) is 24.0. The lowest BCUT2D eigenvalue weighted by atomic mass is 10.2. The molecule has 1 heterocycles. The van der Waals surface area contributed by atoms with Gasteiger partial charge in [0.05, 0.1) is 19.3 Å². The van der Waals surface area contributed by atoms with Crippen LogP contribution in [0.25, 0.3) is 0 Å². The number of benzene rings is 1.